The van der Waals surface area contributed by atoms with Crippen molar-refractivity contribution in [2.45, 2.75) is 44.9 Å². The molecule has 1 nitrogen and oxygen atoms in total. The molecular weight excluding hydrogens is 229 g/mol. The molecule has 0 aliphatic carbocycles. The molecule has 96 valence electrons. The smallest absolute Gasteiger partial charge is 0.389 e. The molecule has 0 fully saturated rings. The Bertz CT molecular complexity index is 330. The van der Waals surface area contributed by atoms with Crippen LogP contribution in [-0.4, -0.2) is 17.4 Å². The molecule has 0 amide bonds. The van der Waals surface area contributed by atoms with E-state index in [1.807, 2.05) is 31.2 Å². The molecule has 1 rings (SSSR count). The summed E-state index contributed by atoms with van der Waals surface area (Å²) in [7, 11) is 0. The van der Waals surface area contributed by atoms with Gasteiger partial charge in [0.05, 0.1) is 6.10 Å². The number of alkyl halides is 3. The maximum absolute atomic E-state index is 11.9. The number of rotatable bonds is 5. The van der Waals surface area contributed by atoms with Gasteiger partial charge in [-0.05, 0) is 31.7 Å². The fourth-order valence-electron chi connectivity index (χ4n) is 1.56. The second-order valence-corrected chi connectivity index (χ2v) is 4.33. The van der Waals surface area contributed by atoms with Crippen molar-refractivity contribution in [3.8, 4) is 0 Å². The standard InChI is InChI=1S/C13H17F3O/c1-10-2-4-11(5-3-10)6-7-12(17)8-9-13(14,15)16/h2-5,12,17H,6-9H2,1H3. The fraction of sp³-hybridized carbons (Fsp3) is 0.538. The van der Waals surface area contributed by atoms with E-state index in [2.05, 4.69) is 0 Å². The summed E-state index contributed by atoms with van der Waals surface area (Å²) in [6, 6.07) is 7.78. The number of hydrogen-bond acceptors (Lipinski definition) is 1. The zero-order chi connectivity index (χ0) is 12.9. The topological polar surface area (TPSA) is 20.2 Å². The Morgan fingerprint density at radius 1 is 1.12 bits per heavy atom. The van der Waals surface area contributed by atoms with Gasteiger partial charge in [0, 0.05) is 6.42 Å². The first-order chi connectivity index (χ1) is 7.87. The molecular formula is C13H17F3O. The molecule has 1 atom stereocenters. The number of aliphatic hydroxyl groups excluding tert-OH is 1. The lowest BCUT2D eigenvalue weighted by molar-refractivity contribution is -0.140. The number of halogens is 3. The molecule has 0 radical (unpaired) electrons. The number of aryl methyl sites for hydroxylation is 2. The minimum atomic E-state index is -4.18. The average Bonchev–Trinajstić information content (AvgIpc) is 2.25. The van der Waals surface area contributed by atoms with Gasteiger partial charge >= 0.3 is 6.18 Å². The van der Waals surface area contributed by atoms with Crippen LogP contribution in [0.1, 0.15) is 30.4 Å². The number of hydrogen-bond donors (Lipinski definition) is 1. The molecule has 0 saturated heterocycles. The van der Waals surface area contributed by atoms with Gasteiger partial charge in [0.1, 0.15) is 0 Å². The summed E-state index contributed by atoms with van der Waals surface area (Å²) in [5.74, 6) is 0. The third-order valence-corrected chi connectivity index (χ3v) is 2.65. The molecule has 0 aliphatic heterocycles. The number of aliphatic hydroxyl groups is 1. The summed E-state index contributed by atoms with van der Waals surface area (Å²) in [5.41, 5.74) is 2.19. The van der Waals surface area contributed by atoms with Crippen LogP contribution in [0.5, 0.6) is 0 Å². The van der Waals surface area contributed by atoms with Crippen LogP contribution < -0.4 is 0 Å². The molecule has 0 aliphatic rings. The summed E-state index contributed by atoms with van der Waals surface area (Å²) >= 11 is 0. The Labute approximate surface area is 99.3 Å². The van der Waals surface area contributed by atoms with Crippen molar-refractivity contribution < 1.29 is 18.3 Å². The molecule has 17 heavy (non-hydrogen) atoms. The highest BCUT2D eigenvalue weighted by molar-refractivity contribution is 5.21. The Balaban J connectivity index is 2.28. The first-order valence-corrected chi connectivity index (χ1v) is 5.67. The van der Waals surface area contributed by atoms with E-state index >= 15 is 0 Å². The lowest BCUT2D eigenvalue weighted by atomic mass is 10.0. The SMILES string of the molecule is Cc1ccc(CCC(O)CCC(F)(F)F)cc1. The summed E-state index contributed by atoms with van der Waals surface area (Å²) in [5, 5.41) is 9.43. The summed E-state index contributed by atoms with van der Waals surface area (Å²) in [4.78, 5) is 0. The molecule has 0 aromatic heterocycles. The van der Waals surface area contributed by atoms with Crippen molar-refractivity contribution in [1.29, 1.82) is 0 Å². The van der Waals surface area contributed by atoms with Crippen LogP contribution in [0.25, 0.3) is 0 Å². The maximum atomic E-state index is 11.9. The van der Waals surface area contributed by atoms with E-state index in [1.165, 1.54) is 0 Å². The van der Waals surface area contributed by atoms with Crippen molar-refractivity contribution in [3.63, 3.8) is 0 Å². The van der Waals surface area contributed by atoms with Crippen LogP contribution in [-0.2, 0) is 6.42 Å². The van der Waals surface area contributed by atoms with Gasteiger partial charge < -0.3 is 5.11 Å². The fourth-order valence-corrected chi connectivity index (χ4v) is 1.56. The summed E-state index contributed by atoms with van der Waals surface area (Å²) in [6.07, 6.45) is -5.20. The Morgan fingerprint density at radius 2 is 1.71 bits per heavy atom. The predicted octanol–water partition coefficient (Wildman–Crippen LogP) is 3.63. The van der Waals surface area contributed by atoms with Gasteiger partial charge in [-0.2, -0.15) is 13.2 Å². The van der Waals surface area contributed by atoms with E-state index in [4.69, 9.17) is 0 Å². The molecule has 1 unspecified atom stereocenters. The lowest BCUT2D eigenvalue weighted by Gasteiger charge is -2.12. The predicted molar refractivity (Wildman–Crippen MR) is 60.8 cm³/mol. The molecule has 0 bridgehead atoms. The van der Waals surface area contributed by atoms with Crippen LogP contribution in [0.3, 0.4) is 0 Å². The van der Waals surface area contributed by atoms with Crippen molar-refractivity contribution in [2.24, 2.45) is 0 Å². The molecule has 4 heteroatoms. The molecule has 1 aromatic carbocycles. The lowest BCUT2D eigenvalue weighted by Crippen LogP contribution is -2.14. The van der Waals surface area contributed by atoms with Gasteiger partial charge in [0.15, 0.2) is 0 Å². The van der Waals surface area contributed by atoms with Gasteiger partial charge in [0.25, 0.3) is 0 Å². The highest BCUT2D eigenvalue weighted by atomic mass is 19.4. The van der Waals surface area contributed by atoms with Crippen LogP contribution in [0.2, 0.25) is 0 Å². The molecule has 1 N–H and O–H groups in total. The monoisotopic (exact) mass is 246 g/mol. The molecule has 0 spiro atoms. The van der Waals surface area contributed by atoms with E-state index < -0.39 is 18.7 Å². The molecule has 0 heterocycles. The largest absolute Gasteiger partial charge is 0.393 e. The maximum Gasteiger partial charge on any atom is 0.389 e. The van der Waals surface area contributed by atoms with Gasteiger partial charge in [0.2, 0.25) is 0 Å². The zero-order valence-corrected chi connectivity index (χ0v) is 9.80. The summed E-state index contributed by atoms with van der Waals surface area (Å²) < 4.78 is 35.7. The van der Waals surface area contributed by atoms with Gasteiger partial charge in [-0.1, -0.05) is 29.8 Å². The third kappa shape index (κ3) is 6.31. The Hall–Kier alpha value is -1.03. The minimum Gasteiger partial charge on any atom is -0.393 e. The quantitative estimate of drug-likeness (QED) is 0.841. The Kier molecular flexibility index (Phi) is 5.00. The van der Waals surface area contributed by atoms with Crippen molar-refractivity contribution >= 4 is 0 Å². The first kappa shape index (κ1) is 14.0. The molecule has 1 aromatic rings. The van der Waals surface area contributed by atoms with Gasteiger partial charge in [-0.3, -0.25) is 0 Å². The van der Waals surface area contributed by atoms with Gasteiger partial charge in [-0.15, -0.1) is 0 Å². The van der Waals surface area contributed by atoms with Crippen LogP contribution in [0.4, 0.5) is 13.2 Å². The van der Waals surface area contributed by atoms with E-state index in [9.17, 15) is 18.3 Å². The highest BCUT2D eigenvalue weighted by Gasteiger charge is 2.27. The van der Waals surface area contributed by atoms with Crippen molar-refractivity contribution in [1.82, 2.24) is 0 Å². The van der Waals surface area contributed by atoms with E-state index in [0.717, 1.165) is 11.1 Å². The number of benzene rings is 1. The zero-order valence-electron chi connectivity index (χ0n) is 9.80. The second-order valence-electron chi connectivity index (χ2n) is 4.33. The normalized spacial score (nSPS) is 13.7. The Morgan fingerprint density at radius 3 is 2.24 bits per heavy atom. The van der Waals surface area contributed by atoms with Crippen molar-refractivity contribution in [2.75, 3.05) is 0 Å². The van der Waals surface area contributed by atoms with Crippen LogP contribution in [0, 0.1) is 6.92 Å². The first-order valence-electron chi connectivity index (χ1n) is 5.67. The minimum absolute atomic E-state index is 0.213. The summed E-state index contributed by atoms with van der Waals surface area (Å²) in [6.45, 7) is 1.97. The molecule has 0 saturated carbocycles. The van der Waals surface area contributed by atoms with Gasteiger partial charge in [-0.25, -0.2) is 0 Å². The third-order valence-electron chi connectivity index (χ3n) is 2.65. The van der Waals surface area contributed by atoms with E-state index in [-0.39, 0.29) is 6.42 Å². The second kappa shape index (κ2) is 6.05. The van der Waals surface area contributed by atoms with E-state index in [1.54, 1.807) is 0 Å². The van der Waals surface area contributed by atoms with Crippen LogP contribution >= 0.6 is 0 Å². The van der Waals surface area contributed by atoms with Crippen molar-refractivity contribution in [3.05, 3.63) is 35.4 Å². The van der Waals surface area contributed by atoms with Crippen LogP contribution in [0.15, 0.2) is 24.3 Å². The highest BCUT2D eigenvalue weighted by Crippen LogP contribution is 2.23. The van der Waals surface area contributed by atoms with E-state index in [0.29, 0.717) is 12.8 Å². The average molecular weight is 246 g/mol.